The predicted octanol–water partition coefficient (Wildman–Crippen LogP) is 3.79. The highest BCUT2D eigenvalue weighted by atomic mass is 16.2. The SMILES string of the molecule is C[C@@H](Nc1ccc2ccccc2c1)C(=O)N/N=C\c1ccccc1. The van der Waals surface area contributed by atoms with Gasteiger partial charge in [0.25, 0.3) is 5.91 Å². The van der Waals surface area contributed by atoms with Crippen LogP contribution in [0.5, 0.6) is 0 Å². The van der Waals surface area contributed by atoms with Crippen LogP contribution in [0.15, 0.2) is 77.9 Å². The van der Waals surface area contributed by atoms with Crippen molar-refractivity contribution in [1.29, 1.82) is 0 Å². The van der Waals surface area contributed by atoms with Crippen LogP contribution in [0.4, 0.5) is 5.69 Å². The number of carbonyl (C=O) groups excluding carboxylic acids is 1. The van der Waals surface area contributed by atoms with Crippen molar-refractivity contribution >= 4 is 28.6 Å². The Hall–Kier alpha value is -3.14. The molecule has 0 spiro atoms. The van der Waals surface area contributed by atoms with Crippen LogP contribution in [0.2, 0.25) is 0 Å². The van der Waals surface area contributed by atoms with Crippen LogP contribution >= 0.6 is 0 Å². The summed E-state index contributed by atoms with van der Waals surface area (Å²) < 4.78 is 0. The maximum Gasteiger partial charge on any atom is 0.262 e. The van der Waals surface area contributed by atoms with Gasteiger partial charge in [0.1, 0.15) is 6.04 Å². The highest BCUT2D eigenvalue weighted by molar-refractivity contribution is 5.89. The second-order valence-electron chi connectivity index (χ2n) is 5.57. The van der Waals surface area contributed by atoms with Gasteiger partial charge in [-0.05, 0) is 35.4 Å². The number of fused-ring (bicyclic) bond motifs is 1. The fourth-order valence-electron chi connectivity index (χ4n) is 2.40. The van der Waals surface area contributed by atoms with Gasteiger partial charge in [0.15, 0.2) is 0 Å². The van der Waals surface area contributed by atoms with Gasteiger partial charge >= 0.3 is 0 Å². The van der Waals surface area contributed by atoms with E-state index in [1.54, 1.807) is 6.21 Å². The van der Waals surface area contributed by atoms with Crippen molar-refractivity contribution < 1.29 is 4.79 Å². The first kappa shape index (κ1) is 15.7. The second-order valence-corrected chi connectivity index (χ2v) is 5.57. The minimum Gasteiger partial charge on any atom is -0.374 e. The first-order chi connectivity index (χ1) is 11.7. The molecule has 24 heavy (non-hydrogen) atoms. The molecule has 4 heteroatoms. The van der Waals surface area contributed by atoms with E-state index in [9.17, 15) is 4.79 Å². The fraction of sp³-hybridized carbons (Fsp3) is 0.100. The zero-order chi connectivity index (χ0) is 16.8. The number of amides is 1. The highest BCUT2D eigenvalue weighted by Gasteiger charge is 2.11. The van der Waals surface area contributed by atoms with Crippen LogP contribution in [0.1, 0.15) is 12.5 Å². The molecule has 3 aromatic carbocycles. The van der Waals surface area contributed by atoms with Crippen LogP contribution in [0.3, 0.4) is 0 Å². The molecule has 0 bridgehead atoms. The van der Waals surface area contributed by atoms with E-state index in [-0.39, 0.29) is 11.9 Å². The zero-order valence-corrected chi connectivity index (χ0v) is 13.4. The number of hydrazone groups is 1. The number of hydrogen-bond donors (Lipinski definition) is 2. The van der Waals surface area contributed by atoms with Crippen molar-refractivity contribution in [2.45, 2.75) is 13.0 Å². The molecule has 0 saturated heterocycles. The summed E-state index contributed by atoms with van der Waals surface area (Å²) in [7, 11) is 0. The quantitative estimate of drug-likeness (QED) is 0.555. The molecule has 0 aliphatic heterocycles. The molecular formula is C20H19N3O. The van der Waals surface area contributed by atoms with Crippen LogP contribution in [0, 0.1) is 0 Å². The summed E-state index contributed by atoms with van der Waals surface area (Å²) in [5, 5.41) is 9.50. The van der Waals surface area contributed by atoms with Gasteiger partial charge in [-0.3, -0.25) is 4.79 Å². The van der Waals surface area contributed by atoms with Gasteiger partial charge in [0, 0.05) is 5.69 Å². The predicted molar refractivity (Wildman–Crippen MR) is 99.2 cm³/mol. The minimum absolute atomic E-state index is 0.185. The lowest BCUT2D eigenvalue weighted by Crippen LogP contribution is -2.34. The van der Waals surface area contributed by atoms with Crippen molar-refractivity contribution in [2.75, 3.05) is 5.32 Å². The lowest BCUT2D eigenvalue weighted by molar-refractivity contribution is -0.121. The maximum atomic E-state index is 12.1. The van der Waals surface area contributed by atoms with E-state index in [0.29, 0.717) is 0 Å². The molecule has 2 N–H and O–H groups in total. The van der Waals surface area contributed by atoms with Crippen molar-refractivity contribution in [1.82, 2.24) is 5.43 Å². The first-order valence-corrected chi connectivity index (χ1v) is 7.86. The molecule has 1 amide bonds. The number of carbonyl (C=O) groups is 1. The Labute approximate surface area is 141 Å². The van der Waals surface area contributed by atoms with Crippen LogP contribution in [-0.2, 0) is 4.79 Å². The summed E-state index contributed by atoms with van der Waals surface area (Å²) in [5.41, 5.74) is 4.40. The number of rotatable bonds is 5. The molecule has 1 atom stereocenters. The van der Waals surface area contributed by atoms with Crippen LogP contribution < -0.4 is 10.7 Å². The number of anilines is 1. The maximum absolute atomic E-state index is 12.1. The van der Waals surface area contributed by atoms with E-state index in [1.807, 2.05) is 67.6 Å². The first-order valence-electron chi connectivity index (χ1n) is 7.86. The fourth-order valence-corrected chi connectivity index (χ4v) is 2.40. The molecule has 0 aliphatic rings. The largest absolute Gasteiger partial charge is 0.374 e. The molecule has 0 heterocycles. The lowest BCUT2D eigenvalue weighted by Gasteiger charge is -2.14. The Bertz CT molecular complexity index is 859. The van der Waals surface area contributed by atoms with Gasteiger partial charge in [0.05, 0.1) is 6.21 Å². The summed E-state index contributed by atoms with van der Waals surface area (Å²) in [6, 6.07) is 23.4. The normalized spacial score (nSPS) is 12.2. The van der Waals surface area contributed by atoms with E-state index < -0.39 is 0 Å². The van der Waals surface area contributed by atoms with E-state index in [0.717, 1.165) is 16.6 Å². The van der Waals surface area contributed by atoms with Gasteiger partial charge in [0.2, 0.25) is 0 Å². The molecule has 0 fully saturated rings. The molecule has 4 nitrogen and oxygen atoms in total. The molecule has 0 aromatic heterocycles. The molecular weight excluding hydrogens is 298 g/mol. The lowest BCUT2D eigenvalue weighted by atomic mass is 10.1. The van der Waals surface area contributed by atoms with E-state index in [1.165, 1.54) is 5.39 Å². The topological polar surface area (TPSA) is 53.5 Å². The molecule has 0 saturated carbocycles. The molecule has 3 aromatic rings. The van der Waals surface area contributed by atoms with Gasteiger partial charge in [-0.2, -0.15) is 5.10 Å². The molecule has 0 aliphatic carbocycles. The van der Waals surface area contributed by atoms with E-state index in [2.05, 4.69) is 28.0 Å². The van der Waals surface area contributed by atoms with Crippen LogP contribution in [0.25, 0.3) is 10.8 Å². The number of hydrogen-bond acceptors (Lipinski definition) is 3. The van der Waals surface area contributed by atoms with Crippen molar-refractivity contribution in [2.24, 2.45) is 5.10 Å². The van der Waals surface area contributed by atoms with Crippen molar-refractivity contribution in [3.05, 3.63) is 78.4 Å². The Kier molecular flexibility index (Phi) is 4.87. The summed E-state index contributed by atoms with van der Waals surface area (Å²) in [6.45, 7) is 1.81. The Morgan fingerprint density at radius 1 is 0.958 bits per heavy atom. The summed E-state index contributed by atoms with van der Waals surface area (Å²) in [6.07, 6.45) is 1.63. The van der Waals surface area contributed by atoms with Gasteiger partial charge in [-0.1, -0.05) is 60.7 Å². The molecule has 3 rings (SSSR count). The average molecular weight is 317 g/mol. The third-order valence-electron chi connectivity index (χ3n) is 3.71. The smallest absolute Gasteiger partial charge is 0.262 e. The third kappa shape index (κ3) is 3.98. The molecule has 0 radical (unpaired) electrons. The Morgan fingerprint density at radius 2 is 1.67 bits per heavy atom. The van der Waals surface area contributed by atoms with Gasteiger partial charge in [-0.15, -0.1) is 0 Å². The minimum atomic E-state index is -0.390. The van der Waals surface area contributed by atoms with E-state index in [4.69, 9.17) is 0 Å². The van der Waals surface area contributed by atoms with Gasteiger partial charge < -0.3 is 5.32 Å². The number of nitrogens with one attached hydrogen (secondary N) is 2. The standard InChI is InChI=1S/C20H19N3O/c1-15(20(24)23-21-14-16-7-3-2-4-8-16)22-19-12-11-17-9-5-6-10-18(17)13-19/h2-15,22H,1H3,(H,23,24)/b21-14-/t15-/m1/s1. The molecule has 120 valence electrons. The second kappa shape index (κ2) is 7.42. The monoisotopic (exact) mass is 317 g/mol. The molecule has 0 unspecified atom stereocenters. The summed E-state index contributed by atoms with van der Waals surface area (Å²) >= 11 is 0. The van der Waals surface area contributed by atoms with Crippen LogP contribution in [-0.4, -0.2) is 18.2 Å². The van der Waals surface area contributed by atoms with E-state index >= 15 is 0 Å². The Morgan fingerprint density at radius 3 is 2.46 bits per heavy atom. The zero-order valence-electron chi connectivity index (χ0n) is 13.4. The summed E-state index contributed by atoms with van der Waals surface area (Å²) in [4.78, 5) is 12.1. The van der Waals surface area contributed by atoms with Crippen molar-refractivity contribution in [3.8, 4) is 0 Å². The third-order valence-corrected chi connectivity index (χ3v) is 3.71. The Balaban J connectivity index is 1.59. The van der Waals surface area contributed by atoms with Gasteiger partial charge in [-0.25, -0.2) is 5.43 Å². The van der Waals surface area contributed by atoms with Crippen molar-refractivity contribution in [3.63, 3.8) is 0 Å². The average Bonchev–Trinajstić information content (AvgIpc) is 2.62. The number of nitrogens with zero attached hydrogens (tertiary/aromatic N) is 1. The highest BCUT2D eigenvalue weighted by Crippen LogP contribution is 2.19. The number of benzene rings is 3. The summed E-state index contributed by atoms with van der Waals surface area (Å²) in [5.74, 6) is -0.185.